The molecule has 0 aromatic rings. The van der Waals surface area contributed by atoms with Gasteiger partial charge >= 0.3 is 0 Å². The average Bonchev–Trinajstić information content (AvgIpc) is 2.18. The van der Waals surface area contributed by atoms with Crippen LogP contribution in [0.1, 0.15) is 26.7 Å². The third kappa shape index (κ3) is 4.07. The zero-order valence-corrected chi connectivity index (χ0v) is 9.01. The van der Waals surface area contributed by atoms with Crippen molar-refractivity contribution >= 4 is 5.91 Å². The fourth-order valence-corrected chi connectivity index (χ4v) is 1.62. The van der Waals surface area contributed by atoms with E-state index in [9.17, 15) is 4.79 Å². The van der Waals surface area contributed by atoms with Crippen LogP contribution in [0, 0.1) is 0 Å². The second kappa shape index (κ2) is 5.98. The summed E-state index contributed by atoms with van der Waals surface area (Å²) in [6.45, 7) is 6.34. The van der Waals surface area contributed by atoms with Crippen LogP contribution in [-0.2, 0) is 9.53 Å². The summed E-state index contributed by atoms with van der Waals surface area (Å²) in [5, 5.41) is 6.29. The standard InChI is InChI=1S/C10H20N2O2/c1-3-14-7-8(2)12-9-4-5-10(13)11-6-9/h8-9,12H,3-7H2,1-2H3,(H,11,13). The number of carbonyl (C=O) groups excluding carboxylic acids is 1. The SMILES string of the molecule is CCOCC(C)NC1CCC(=O)NC1. The van der Waals surface area contributed by atoms with Crippen molar-refractivity contribution in [3.8, 4) is 0 Å². The first-order valence-electron chi connectivity index (χ1n) is 5.33. The lowest BCUT2D eigenvalue weighted by Crippen LogP contribution is -2.49. The molecule has 0 saturated carbocycles. The first kappa shape index (κ1) is 11.5. The maximum absolute atomic E-state index is 10.9. The van der Waals surface area contributed by atoms with E-state index in [1.54, 1.807) is 0 Å². The van der Waals surface area contributed by atoms with Crippen LogP contribution in [0.15, 0.2) is 0 Å². The molecule has 0 aromatic heterocycles. The number of hydrogen-bond donors (Lipinski definition) is 2. The Morgan fingerprint density at radius 2 is 2.50 bits per heavy atom. The van der Waals surface area contributed by atoms with Crippen LogP contribution in [0.3, 0.4) is 0 Å². The van der Waals surface area contributed by atoms with Gasteiger partial charge in [-0.05, 0) is 20.3 Å². The summed E-state index contributed by atoms with van der Waals surface area (Å²) in [5.41, 5.74) is 0. The monoisotopic (exact) mass is 200 g/mol. The van der Waals surface area contributed by atoms with Crippen molar-refractivity contribution in [2.45, 2.75) is 38.8 Å². The van der Waals surface area contributed by atoms with E-state index in [1.807, 2.05) is 6.92 Å². The van der Waals surface area contributed by atoms with Crippen LogP contribution in [0.5, 0.6) is 0 Å². The summed E-state index contributed by atoms with van der Waals surface area (Å²) in [4.78, 5) is 10.9. The lowest BCUT2D eigenvalue weighted by Gasteiger charge is -2.26. The molecule has 2 N–H and O–H groups in total. The van der Waals surface area contributed by atoms with Crippen molar-refractivity contribution in [1.29, 1.82) is 0 Å². The van der Waals surface area contributed by atoms with Crippen molar-refractivity contribution in [1.82, 2.24) is 10.6 Å². The number of rotatable bonds is 5. The summed E-state index contributed by atoms with van der Waals surface area (Å²) in [7, 11) is 0. The Hall–Kier alpha value is -0.610. The Morgan fingerprint density at radius 1 is 1.71 bits per heavy atom. The molecule has 0 bridgehead atoms. The molecule has 14 heavy (non-hydrogen) atoms. The fourth-order valence-electron chi connectivity index (χ4n) is 1.62. The maximum Gasteiger partial charge on any atom is 0.220 e. The van der Waals surface area contributed by atoms with Gasteiger partial charge in [-0.15, -0.1) is 0 Å². The quantitative estimate of drug-likeness (QED) is 0.670. The van der Waals surface area contributed by atoms with Gasteiger partial charge in [-0.3, -0.25) is 4.79 Å². The molecule has 4 nitrogen and oxygen atoms in total. The van der Waals surface area contributed by atoms with Gasteiger partial charge in [0.15, 0.2) is 0 Å². The van der Waals surface area contributed by atoms with Crippen molar-refractivity contribution in [2.24, 2.45) is 0 Å². The van der Waals surface area contributed by atoms with E-state index in [0.29, 0.717) is 18.5 Å². The maximum atomic E-state index is 10.9. The van der Waals surface area contributed by atoms with E-state index in [0.717, 1.165) is 26.2 Å². The van der Waals surface area contributed by atoms with Gasteiger partial charge in [0, 0.05) is 31.7 Å². The smallest absolute Gasteiger partial charge is 0.220 e. The van der Waals surface area contributed by atoms with Crippen LogP contribution in [0.4, 0.5) is 0 Å². The van der Waals surface area contributed by atoms with E-state index in [4.69, 9.17) is 4.74 Å². The van der Waals surface area contributed by atoms with Crippen molar-refractivity contribution in [2.75, 3.05) is 19.8 Å². The molecule has 0 spiro atoms. The fraction of sp³-hybridized carbons (Fsp3) is 0.900. The number of nitrogens with one attached hydrogen (secondary N) is 2. The number of piperidine rings is 1. The summed E-state index contributed by atoms with van der Waals surface area (Å²) in [6.07, 6.45) is 1.57. The third-order valence-electron chi connectivity index (χ3n) is 2.36. The zero-order chi connectivity index (χ0) is 10.4. The van der Waals surface area contributed by atoms with Crippen LogP contribution < -0.4 is 10.6 Å². The predicted molar refractivity (Wildman–Crippen MR) is 55.1 cm³/mol. The highest BCUT2D eigenvalue weighted by molar-refractivity contribution is 5.76. The van der Waals surface area contributed by atoms with Gasteiger partial charge in [-0.1, -0.05) is 0 Å². The molecule has 82 valence electrons. The van der Waals surface area contributed by atoms with Gasteiger partial charge in [0.25, 0.3) is 0 Å². The lowest BCUT2D eigenvalue weighted by atomic mass is 10.1. The normalized spacial score (nSPS) is 24.4. The van der Waals surface area contributed by atoms with Gasteiger partial charge in [0.2, 0.25) is 5.91 Å². The number of ether oxygens (including phenoxy) is 1. The number of amides is 1. The molecule has 1 fully saturated rings. The van der Waals surface area contributed by atoms with Crippen LogP contribution in [0.2, 0.25) is 0 Å². The molecular formula is C10H20N2O2. The van der Waals surface area contributed by atoms with Crippen LogP contribution >= 0.6 is 0 Å². The first-order valence-corrected chi connectivity index (χ1v) is 5.33. The molecule has 0 aliphatic carbocycles. The molecule has 1 heterocycles. The minimum Gasteiger partial charge on any atom is -0.380 e. The summed E-state index contributed by atoms with van der Waals surface area (Å²) >= 11 is 0. The zero-order valence-electron chi connectivity index (χ0n) is 9.01. The highest BCUT2D eigenvalue weighted by Gasteiger charge is 2.18. The van der Waals surface area contributed by atoms with E-state index in [1.165, 1.54) is 0 Å². The lowest BCUT2D eigenvalue weighted by molar-refractivity contribution is -0.122. The second-order valence-electron chi connectivity index (χ2n) is 3.77. The minimum absolute atomic E-state index is 0.167. The Bertz CT molecular complexity index is 175. The highest BCUT2D eigenvalue weighted by atomic mass is 16.5. The summed E-state index contributed by atoms with van der Waals surface area (Å²) in [5.74, 6) is 0.167. The van der Waals surface area contributed by atoms with Crippen molar-refractivity contribution in [3.63, 3.8) is 0 Å². The molecule has 1 aliphatic rings. The van der Waals surface area contributed by atoms with Crippen LogP contribution in [0.25, 0.3) is 0 Å². The van der Waals surface area contributed by atoms with E-state index >= 15 is 0 Å². The largest absolute Gasteiger partial charge is 0.380 e. The molecule has 2 atom stereocenters. The van der Waals surface area contributed by atoms with Gasteiger partial charge in [0.1, 0.15) is 0 Å². The van der Waals surface area contributed by atoms with Crippen LogP contribution in [-0.4, -0.2) is 37.7 Å². The van der Waals surface area contributed by atoms with Gasteiger partial charge in [0.05, 0.1) is 6.61 Å². The molecule has 1 rings (SSSR count). The van der Waals surface area contributed by atoms with E-state index < -0.39 is 0 Å². The molecule has 2 unspecified atom stereocenters. The van der Waals surface area contributed by atoms with Gasteiger partial charge in [-0.25, -0.2) is 0 Å². The molecule has 0 aromatic carbocycles. The Balaban J connectivity index is 2.13. The molecular weight excluding hydrogens is 180 g/mol. The molecule has 1 amide bonds. The van der Waals surface area contributed by atoms with Crippen molar-refractivity contribution < 1.29 is 9.53 Å². The Labute approximate surface area is 85.4 Å². The average molecular weight is 200 g/mol. The van der Waals surface area contributed by atoms with Gasteiger partial charge in [-0.2, -0.15) is 0 Å². The summed E-state index contributed by atoms with van der Waals surface area (Å²) < 4.78 is 5.31. The first-order chi connectivity index (χ1) is 6.72. The van der Waals surface area contributed by atoms with Gasteiger partial charge < -0.3 is 15.4 Å². The minimum atomic E-state index is 0.167. The molecule has 1 aliphatic heterocycles. The molecule has 4 heteroatoms. The summed E-state index contributed by atoms with van der Waals surface area (Å²) in [6, 6.07) is 0.762. The predicted octanol–water partition coefficient (Wildman–Crippen LogP) is 0.280. The third-order valence-corrected chi connectivity index (χ3v) is 2.36. The molecule has 0 radical (unpaired) electrons. The second-order valence-corrected chi connectivity index (χ2v) is 3.77. The number of hydrogen-bond acceptors (Lipinski definition) is 3. The topological polar surface area (TPSA) is 50.4 Å². The highest BCUT2D eigenvalue weighted by Crippen LogP contribution is 2.03. The number of carbonyl (C=O) groups is 1. The van der Waals surface area contributed by atoms with E-state index in [-0.39, 0.29) is 5.91 Å². The Kier molecular flexibility index (Phi) is 4.90. The van der Waals surface area contributed by atoms with Crippen molar-refractivity contribution in [3.05, 3.63) is 0 Å². The van der Waals surface area contributed by atoms with E-state index in [2.05, 4.69) is 17.6 Å². The Morgan fingerprint density at radius 3 is 3.07 bits per heavy atom. The molecule has 1 saturated heterocycles.